The molecule has 0 spiro atoms. The molecule has 1 aromatic heterocycles. The zero-order valence-electron chi connectivity index (χ0n) is 21.0. The van der Waals surface area contributed by atoms with E-state index in [1.54, 1.807) is 33.2 Å². The number of rotatable bonds is 6. The summed E-state index contributed by atoms with van der Waals surface area (Å²) in [6.07, 6.45) is 2.64. The third-order valence-corrected chi connectivity index (χ3v) is 5.04. The Bertz CT molecular complexity index is 1270. The third kappa shape index (κ3) is 7.28. The molecule has 180 valence electrons. The van der Waals surface area contributed by atoms with Gasteiger partial charge in [0, 0.05) is 0 Å². The minimum absolute atomic E-state index is 0.0828. The van der Waals surface area contributed by atoms with Crippen LogP contribution in [0, 0.1) is 11.5 Å². The van der Waals surface area contributed by atoms with E-state index in [-0.39, 0.29) is 11.1 Å². The van der Waals surface area contributed by atoms with Crippen LogP contribution in [-0.2, 0) is 21.4 Å². The van der Waals surface area contributed by atoms with Gasteiger partial charge in [-0.25, -0.2) is 0 Å². The molecule has 2 N–H and O–H groups in total. The Hall–Kier alpha value is -3.93. The summed E-state index contributed by atoms with van der Waals surface area (Å²) in [6.45, 7) is 12.1. The number of amides is 1. The van der Waals surface area contributed by atoms with Gasteiger partial charge in [-0.15, -0.1) is 0 Å². The van der Waals surface area contributed by atoms with Crippen molar-refractivity contribution >= 4 is 30.0 Å². The predicted molar refractivity (Wildman–Crippen MR) is 137 cm³/mol. The van der Waals surface area contributed by atoms with Gasteiger partial charge in [0.15, 0.2) is 0 Å². The molecule has 0 aliphatic heterocycles. The number of aromatic nitrogens is 2. The van der Waals surface area contributed by atoms with Crippen molar-refractivity contribution in [2.24, 2.45) is 0 Å². The molecule has 8 nitrogen and oxygen atoms in total. The first-order valence-corrected chi connectivity index (χ1v) is 11.3. The minimum atomic E-state index is -0.669. The number of ether oxygens (including phenoxy) is 1. The number of nitrogens with one attached hydrogen (secondary N) is 2. The number of nitrogens with zero attached hydrogens (tertiary/aromatic N) is 3. The zero-order chi connectivity index (χ0) is 25.6. The van der Waals surface area contributed by atoms with Gasteiger partial charge in [0.1, 0.15) is 0 Å². The quantitative estimate of drug-likeness (QED) is 0.405. The van der Waals surface area contributed by atoms with Crippen LogP contribution in [0.3, 0.4) is 0 Å². The van der Waals surface area contributed by atoms with Crippen LogP contribution in [-0.4, -0.2) is 34.5 Å². The molecule has 9 heteroatoms. The molecular weight excluding hydrogens is 441 g/mol. The molecule has 1 heterocycles. The Labute approximate surface area is 206 Å². The number of alkyl carbamates (subject to hydrolysis) is 1. The van der Waals surface area contributed by atoms with Crippen LogP contribution in [0.4, 0.5) is 4.79 Å². The summed E-state index contributed by atoms with van der Waals surface area (Å²) in [5, 5.41) is 14.3. The van der Waals surface area contributed by atoms with E-state index < -0.39 is 11.7 Å². The molecule has 0 unspecified atom stereocenters. The van der Waals surface area contributed by atoms with Gasteiger partial charge < -0.3 is 0 Å². The van der Waals surface area contributed by atoms with Crippen LogP contribution in [0.15, 0.2) is 48.7 Å². The molecule has 0 radical (unpaired) electrons. The van der Waals surface area contributed by atoms with Crippen LogP contribution >= 0.6 is 0 Å². The maximum absolute atomic E-state index is 12.1. The fourth-order valence-electron chi connectivity index (χ4n) is 3.33. The maximum atomic E-state index is 12.1. The van der Waals surface area contributed by atoms with E-state index in [0.29, 0.717) is 6.54 Å². The van der Waals surface area contributed by atoms with Gasteiger partial charge in [-0.2, -0.15) is 0 Å². The first kappa shape index (κ1) is 25.7. The molecule has 2 aromatic carbocycles. The van der Waals surface area contributed by atoms with Crippen molar-refractivity contribution in [3.8, 4) is 17.5 Å². The van der Waals surface area contributed by atoms with E-state index in [4.69, 9.17) is 15.0 Å². The predicted octanol–water partition coefficient (Wildman–Crippen LogP) is 4.41. The van der Waals surface area contributed by atoms with Crippen molar-refractivity contribution in [2.45, 2.75) is 59.1 Å². The molecule has 0 aliphatic rings. The van der Waals surface area contributed by atoms with Gasteiger partial charge in [-0.1, -0.05) is 20.8 Å². The second kappa shape index (κ2) is 10.6. The van der Waals surface area contributed by atoms with Crippen molar-refractivity contribution in [3.05, 3.63) is 59.8 Å². The van der Waals surface area contributed by atoms with E-state index in [2.05, 4.69) is 65.3 Å². The summed E-state index contributed by atoms with van der Waals surface area (Å²) in [5.74, 6) is 0. The summed E-state index contributed by atoms with van der Waals surface area (Å²) in [5.41, 5.74) is 4.98. The third-order valence-electron chi connectivity index (χ3n) is 5.04. The van der Waals surface area contributed by atoms with Gasteiger partial charge in [-0.3, -0.25) is 0 Å². The van der Waals surface area contributed by atoms with Gasteiger partial charge in [0.05, 0.1) is 0 Å². The summed E-state index contributed by atoms with van der Waals surface area (Å²) in [4.78, 5) is 21.6. The standard InChI is InChI=1S/C26H30BN5O3/c1-25(2,3)19-12-10-17(11-13-19)21-15-29-22-18(8-7-9-20(22)31-21)14-30-23(27-34-16-28)32-24(33)35-26(4,5)6/h7-13,15,30H,14H2,1-6H3,(H,32,33). The zero-order valence-corrected chi connectivity index (χ0v) is 21.0. The summed E-state index contributed by atoms with van der Waals surface area (Å²) in [6, 6.07) is 14.1. The number of fused-ring (bicyclic) bond motifs is 1. The number of carbonyl (C=O) groups is 1. The summed E-state index contributed by atoms with van der Waals surface area (Å²) >= 11 is 0. The molecule has 35 heavy (non-hydrogen) atoms. The number of benzene rings is 2. The average Bonchev–Trinajstić information content (AvgIpc) is 2.78. The molecule has 1 amide bonds. The monoisotopic (exact) mass is 471 g/mol. The van der Waals surface area contributed by atoms with Crippen molar-refractivity contribution in [2.75, 3.05) is 0 Å². The van der Waals surface area contributed by atoms with Crippen molar-refractivity contribution in [1.29, 1.82) is 5.26 Å². The van der Waals surface area contributed by atoms with Crippen LogP contribution in [0.1, 0.15) is 52.7 Å². The molecule has 0 aliphatic carbocycles. The first-order valence-electron chi connectivity index (χ1n) is 11.3. The first-order chi connectivity index (χ1) is 16.5. The Morgan fingerprint density at radius 3 is 2.43 bits per heavy atom. The molecule has 0 saturated heterocycles. The fraction of sp³-hybridized carbons (Fsp3) is 0.346. The van der Waals surface area contributed by atoms with Gasteiger partial charge in [0.25, 0.3) is 0 Å². The number of hydrogen-bond acceptors (Lipinski definition) is 7. The molecular formula is C26H30BN5O3. The number of para-hydroxylation sites is 1. The second-order valence-electron chi connectivity index (χ2n) is 10.1. The van der Waals surface area contributed by atoms with E-state index in [1.807, 2.05) is 18.2 Å². The number of carbonyl (C=O) groups excluding carboxylic acids is 1. The topological polar surface area (TPSA) is 109 Å². The normalized spacial score (nSPS) is 11.9. The molecule has 0 saturated carbocycles. The van der Waals surface area contributed by atoms with Crippen molar-refractivity contribution in [3.63, 3.8) is 0 Å². The fourth-order valence-corrected chi connectivity index (χ4v) is 3.33. The molecule has 0 atom stereocenters. The van der Waals surface area contributed by atoms with Crippen molar-refractivity contribution in [1.82, 2.24) is 20.6 Å². The summed E-state index contributed by atoms with van der Waals surface area (Å²) < 4.78 is 9.94. The molecule has 3 rings (SSSR count). The van der Waals surface area contributed by atoms with E-state index in [0.717, 1.165) is 35.0 Å². The van der Waals surface area contributed by atoms with Gasteiger partial charge in [-0.05, 0) is 5.41 Å². The Kier molecular flexibility index (Phi) is 7.75. The van der Waals surface area contributed by atoms with Crippen LogP contribution < -0.4 is 10.6 Å². The van der Waals surface area contributed by atoms with Gasteiger partial charge in [0.2, 0.25) is 0 Å². The number of hydrogen-bond donors (Lipinski definition) is 2. The summed E-state index contributed by atoms with van der Waals surface area (Å²) in [7, 11) is 1.11. The van der Waals surface area contributed by atoms with Crippen LogP contribution in [0.5, 0.6) is 0 Å². The Morgan fingerprint density at radius 1 is 1.09 bits per heavy atom. The Morgan fingerprint density at radius 2 is 1.80 bits per heavy atom. The Balaban J connectivity index is 1.79. The van der Waals surface area contributed by atoms with E-state index >= 15 is 0 Å². The van der Waals surface area contributed by atoms with E-state index in [1.165, 1.54) is 5.56 Å². The second-order valence-corrected chi connectivity index (χ2v) is 10.1. The van der Waals surface area contributed by atoms with Crippen molar-refractivity contribution < 1.29 is 14.2 Å². The molecule has 3 aromatic rings. The number of nitriles is 1. The molecule has 0 fully saturated rings. The van der Waals surface area contributed by atoms with Crippen LogP contribution in [0.25, 0.3) is 22.3 Å². The van der Waals surface area contributed by atoms with E-state index in [9.17, 15) is 4.79 Å². The SMILES string of the molecule is CC(C)(C)OC(=O)NC(=BOC#N)NCc1cccc2nc(-c3ccc(C(C)(C)C)cc3)cnc12. The molecule has 0 bridgehead atoms. The van der Waals surface area contributed by atoms with Crippen LogP contribution in [0.2, 0.25) is 0 Å². The van der Waals surface area contributed by atoms with Gasteiger partial charge >= 0.3 is 180 Å². The average molecular weight is 471 g/mol.